The lowest BCUT2D eigenvalue weighted by atomic mass is 10.2. The summed E-state index contributed by atoms with van der Waals surface area (Å²) in [4.78, 5) is 30.4. The van der Waals surface area contributed by atoms with E-state index >= 15 is 0 Å². The van der Waals surface area contributed by atoms with Gasteiger partial charge in [0.1, 0.15) is 0 Å². The lowest BCUT2D eigenvalue weighted by Crippen LogP contribution is -2.49. The van der Waals surface area contributed by atoms with Crippen LogP contribution in [0.15, 0.2) is 24.3 Å². The summed E-state index contributed by atoms with van der Waals surface area (Å²) >= 11 is 0. The molecule has 1 aromatic carbocycles. The number of nitrogens with zero attached hydrogens (tertiary/aromatic N) is 2. The summed E-state index contributed by atoms with van der Waals surface area (Å²) in [6.45, 7) is 0. The molecule has 2 rings (SSSR count). The third-order valence-electron chi connectivity index (χ3n) is 1.79. The second-order valence-corrected chi connectivity index (χ2v) is 2.81. The maximum Gasteiger partial charge on any atom is 0.444 e. The van der Waals surface area contributed by atoms with E-state index in [0.29, 0.717) is 11.3 Å². The molecule has 1 aliphatic rings. The molecule has 1 aliphatic heterocycles. The maximum absolute atomic E-state index is 10.9. The molecule has 1 aromatic rings. The van der Waals surface area contributed by atoms with Crippen LogP contribution in [0.4, 0.5) is 5.69 Å². The zero-order valence-electron chi connectivity index (χ0n) is 7.84. The zero-order valence-corrected chi connectivity index (χ0v) is 7.84. The van der Waals surface area contributed by atoms with Gasteiger partial charge in [-0.25, -0.2) is 9.59 Å². The molecule has 0 aliphatic carbocycles. The molecular formula is C9H5N3O4. The number of hydrogen-bond acceptors (Lipinski definition) is 7. The van der Waals surface area contributed by atoms with Crippen LogP contribution in [0, 0.1) is 11.3 Å². The quantitative estimate of drug-likeness (QED) is 0.654. The second kappa shape index (κ2) is 3.88. The first-order valence-corrected chi connectivity index (χ1v) is 4.20. The predicted octanol–water partition coefficient (Wildman–Crippen LogP) is -0.201. The van der Waals surface area contributed by atoms with E-state index in [1.54, 1.807) is 0 Å². The Hall–Kier alpha value is -2.59. The highest BCUT2D eigenvalue weighted by atomic mass is 16.9. The van der Waals surface area contributed by atoms with Gasteiger partial charge in [-0.2, -0.15) is 5.26 Å². The smallest absolute Gasteiger partial charge is 0.338 e. The van der Waals surface area contributed by atoms with Crippen LogP contribution in [0.25, 0.3) is 0 Å². The van der Waals surface area contributed by atoms with Gasteiger partial charge < -0.3 is 9.68 Å². The summed E-state index contributed by atoms with van der Waals surface area (Å²) < 4.78 is 0. The third kappa shape index (κ3) is 1.77. The first-order valence-electron chi connectivity index (χ1n) is 4.20. The average molecular weight is 219 g/mol. The van der Waals surface area contributed by atoms with Crippen LogP contribution < -0.4 is 10.8 Å². The number of benzene rings is 1. The highest BCUT2D eigenvalue weighted by Gasteiger charge is 2.29. The Bertz CT molecular complexity index is 477. The first-order chi connectivity index (χ1) is 7.70. The highest BCUT2D eigenvalue weighted by Crippen LogP contribution is 2.15. The lowest BCUT2D eigenvalue weighted by Gasteiger charge is -2.25. The first kappa shape index (κ1) is 9.95. The number of rotatable bonds is 1. The molecule has 7 heteroatoms. The molecule has 0 bridgehead atoms. The van der Waals surface area contributed by atoms with Crippen molar-refractivity contribution >= 4 is 17.6 Å². The lowest BCUT2D eigenvalue weighted by molar-refractivity contribution is -0.192. The van der Waals surface area contributed by atoms with Crippen molar-refractivity contribution in [3.05, 3.63) is 29.8 Å². The second-order valence-electron chi connectivity index (χ2n) is 2.81. The van der Waals surface area contributed by atoms with Gasteiger partial charge in [0.25, 0.3) is 0 Å². The van der Waals surface area contributed by atoms with Crippen molar-refractivity contribution < 1.29 is 19.3 Å². The molecule has 1 N–H and O–H groups in total. The number of nitriles is 1. The minimum absolute atomic E-state index is 0.417. The van der Waals surface area contributed by atoms with E-state index in [-0.39, 0.29) is 0 Å². The number of hydrogen-bond donors (Lipinski definition) is 1. The Kier molecular flexibility index (Phi) is 2.41. The Morgan fingerprint density at radius 3 is 2.44 bits per heavy atom. The van der Waals surface area contributed by atoms with Crippen molar-refractivity contribution in [3.8, 4) is 6.07 Å². The summed E-state index contributed by atoms with van der Waals surface area (Å²) in [5.74, 6) is -2.24. The molecule has 0 spiro atoms. The van der Waals surface area contributed by atoms with E-state index < -0.39 is 11.9 Å². The fourth-order valence-corrected chi connectivity index (χ4v) is 1.04. The van der Waals surface area contributed by atoms with E-state index in [9.17, 15) is 9.59 Å². The summed E-state index contributed by atoms with van der Waals surface area (Å²) in [7, 11) is 0. The third-order valence-corrected chi connectivity index (χ3v) is 1.79. The number of carbonyl (C=O) groups is 2. The van der Waals surface area contributed by atoms with Crippen LogP contribution in [0.5, 0.6) is 0 Å². The van der Waals surface area contributed by atoms with E-state index in [1.165, 1.54) is 24.3 Å². The van der Waals surface area contributed by atoms with Crippen molar-refractivity contribution in [2.75, 3.05) is 5.17 Å². The molecule has 0 amide bonds. The van der Waals surface area contributed by atoms with E-state index in [2.05, 4.69) is 15.3 Å². The molecular weight excluding hydrogens is 214 g/mol. The van der Waals surface area contributed by atoms with Crippen LogP contribution >= 0.6 is 0 Å². The van der Waals surface area contributed by atoms with Crippen molar-refractivity contribution in [3.63, 3.8) is 0 Å². The molecule has 0 atom stereocenters. The van der Waals surface area contributed by atoms with Crippen LogP contribution in [-0.4, -0.2) is 11.9 Å². The summed E-state index contributed by atoms with van der Waals surface area (Å²) in [6, 6.07) is 8.05. The Morgan fingerprint density at radius 2 is 1.88 bits per heavy atom. The van der Waals surface area contributed by atoms with Gasteiger partial charge in [0.2, 0.25) is 0 Å². The van der Waals surface area contributed by atoms with Gasteiger partial charge in [-0.3, -0.25) is 0 Å². The predicted molar refractivity (Wildman–Crippen MR) is 49.0 cm³/mol. The molecule has 1 fully saturated rings. The molecule has 0 unspecified atom stereocenters. The van der Waals surface area contributed by atoms with Crippen molar-refractivity contribution in [2.45, 2.75) is 0 Å². The van der Waals surface area contributed by atoms with Gasteiger partial charge in [-0.15, -0.1) is 5.17 Å². The van der Waals surface area contributed by atoms with Gasteiger partial charge in [-0.05, 0) is 29.9 Å². The van der Waals surface area contributed by atoms with Crippen LogP contribution in [0.3, 0.4) is 0 Å². The van der Waals surface area contributed by atoms with E-state index in [0.717, 1.165) is 5.17 Å². The van der Waals surface area contributed by atoms with Gasteiger partial charge in [0, 0.05) is 0 Å². The van der Waals surface area contributed by atoms with Crippen LogP contribution in [0.2, 0.25) is 0 Å². The monoisotopic (exact) mass is 219 g/mol. The molecule has 1 saturated heterocycles. The zero-order chi connectivity index (χ0) is 11.5. The topological polar surface area (TPSA) is 91.7 Å². The van der Waals surface area contributed by atoms with E-state index in [4.69, 9.17) is 5.26 Å². The molecule has 1 heterocycles. The normalized spacial score (nSPS) is 15.1. The average Bonchev–Trinajstić information content (AvgIpc) is 2.33. The SMILES string of the molecule is N#Cc1ccc(N2NOC(=O)C(=O)O2)cc1. The molecule has 7 nitrogen and oxygen atoms in total. The standard InChI is InChI=1S/C9H5N3O4/c10-5-6-1-3-7(4-2-6)12-11-15-8(13)9(14)16-12/h1-4,11H. The molecule has 80 valence electrons. The molecule has 0 aromatic heterocycles. The molecule has 0 radical (unpaired) electrons. The number of anilines is 1. The van der Waals surface area contributed by atoms with Crippen LogP contribution in [-0.2, 0) is 19.3 Å². The fraction of sp³-hybridized carbons (Fsp3) is 0. The Balaban J connectivity index is 2.16. The summed E-state index contributed by atoms with van der Waals surface area (Å²) in [6.07, 6.45) is 0. The van der Waals surface area contributed by atoms with Gasteiger partial charge >= 0.3 is 11.9 Å². The fourth-order valence-electron chi connectivity index (χ4n) is 1.04. The highest BCUT2D eigenvalue weighted by molar-refractivity contribution is 6.30. The van der Waals surface area contributed by atoms with Gasteiger partial charge in [0.05, 0.1) is 17.3 Å². The Labute approximate surface area is 89.7 Å². The van der Waals surface area contributed by atoms with Crippen LogP contribution in [0.1, 0.15) is 5.56 Å². The van der Waals surface area contributed by atoms with Crippen molar-refractivity contribution in [1.29, 1.82) is 5.26 Å². The van der Waals surface area contributed by atoms with Crippen molar-refractivity contribution in [1.82, 2.24) is 5.59 Å². The minimum Gasteiger partial charge on any atom is -0.338 e. The summed E-state index contributed by atoms with van der Waals surface area (Å²) in [5.41, 5.74) is 2.99. The number of nitrogens with one attached hydrogen (secondary N) is 1. The number of hydrazine groups is 1. The minimum atomic E-state index is -1.12. The van der Waals surface area contributed by atoms with Gasteiger partial charge in [0.15, 0.2) is 0 Å². The van der Waals surface area contributed by atoms with Crippen molar-refractivity contribution in [2.24, 2.45) is 0 Å². The van der Waals surface area contributed by atoms with E-state index in [1.807, 2.05) is 6.07 Å². The van der Waals surface area contributed by atoms with Gasteiger partial charge in [-0.1, -0.05) is 0 Å². The molecule has 16 heavy (non-hydrogen) atoms. The number of carbonyl (C=O) groups excluding carboxylic acids is 2. The molecule has 0 saturated carbocycles. The summed E-state index contributed by atoms with van der Waals surface area (Å²) in [5, 5.41) is 9.46. The Morgan fingerprint density at radius 1 is 1.19 bits per heavy atom. The maximum atomic E-state index is 10.9. The largest absolute Gasteiger partial charge is 0.444 e.